The second-order valence-electron chi connectivity index (χ2n) is 4.62. The van der Waals surface area contributed by atoms with Crippen molar-refractivity contribution in [3.05, 3.63) is 35.9 Å². The van der Waals surface area contributed by atoms with E-state index >= 15 is 0 Å². The Labute approximate surface area is 120 Å². The number of nitrogens with zero attached hydrogens (tertiary/aromatic N) is 1. The Kier molecular flexibility index (Phi) is 6.67. The summed E-state index contributed by atoms with van der Waals surface area (Å²) in [7, 11) is 1.79. The Balaban J connectivity index is 0.00000180. The molecule has 0 aliphatic carbocycles. The molecule has 1 N–H and O–H groups in total. The van der Waals surface area contributed by atoms with E-state index in [0.717, 1.165) is 24.9 Å². The summed E-state index contributed by atoms with van der Waals surface area (Å²) < 4.78 is 5.29. The van der Waals surface area contributed by atoms with Crippen LogP contribution in [0.4, 0.5) is 4.79 Å². The monoisotopic (exact) mass is 284 g/mol. The number of piperidine rings is 1. The molecule has 0 aromatic heterocycles. The molecule has 0 saturated carbocycles. The summed E-state index contributed by atoms with van der Waals surface area (Å²) in [5.41, 5.74) is 1.01. The highest BCUT2D eigenvalue weighted by Gasteiger charge is 2.22. The lowest BCUT2D eigenvalue weighted by Crippen LogP contribution is -2.48. The molecule has 106 valence electrons. The van der Waals surface area contributed by atoms with Gasteiger partial charge in [-0.3, -0.25) is 10.2 Å². The van der Waals surface area contributed by atoms with Crippen LogP contribution in [0, 0.1) is 0 Å². The summed E-state index contributed by atoms with van der Waals surface area (Å²) >= 11 is 0. The quantitative estimate of drug-likeness (QED) is 0.928. The molecule has 4 nitrogen and oxygen atoms in total. The second kappa shape index (κ2) is 8.02. The molecule has 19 heavy (non-hydrogen) atoms. The van der Waals surface area contributed by atoms with Crippen LogP contribution in [0.15, 0.2) is 30.3 Å². The molecule has 1 aliphatic rings. The molecule has 1 amide bonds. The topological polar surface area (TPSA) is 41.6 Å². The van der Waals surface area contributed by atoms with E-state index in [2.05, 4.69) is 5.32 Å². The van der Waals surface area contributed by atoms with Gasteiger partial charge in [0.15, 0.2) is 0 Å². The average Bonchev–Trinajstić information content (AvgIpc) is 2.46. The van der Waals surface area contributed by atoms with E-state index in [0.29, 0.717) is 6.61 Å². The van der Waals surface area contributed by atoms with E-state index < -0.39 is 0 Å². The van der Waals surface area contributed by atoms with Gasteiger partial charge in [-0.1, -0.05) is 30.3 Å². The van der Waals surface area contributed by atoms with E-state index in [1.165, 1.54) is 6.42 Å². The third kappa shape index (κ3) is 4.73. The fourth-order valence-electron chi connectivity index (χ4n) is 2.11. The fraction of sp³-hybridized carbons (Fsp3) is 0.500. The number of benzene rings is 1. The van der Waals surface area contributed by atoms with Gasteiger partial charge < -0.3 is 4.74 Å². The van der Waals surface area contributed by atoms with Crippen LogP contribution in [0.5, 0.6) is 0 Å². The van der Waals surface area contributed by atoms with E-state index in [1.807, 2.05) is 30.3 Å². The van der Waals surface area contributed by atoms with Gasteiger partial charge in [-0.25, -0.2) is 4.79 Å². The van der Waals surface area contributed by atoms with Crippen LogP contribution >= 0.6 is 12.4 Å². The third-order valence-corrected chi connectivity index (χ3v) is 3.24. The highest BCUT2D eigenvalue weighted by Crippen LogP contribution is 2.11. The van der Waals surface area contributed by atoms with Crippen LogP contribution in [0.3, 0.4) is 0 Å². The van der Waals surface area contributed by atoms with E-state index in [9.17, 15) is 4.79 Å². The number of amides is 1. The first-order chi connectivity index (χ1) is 8.77. The lowest BCUT2D eigenvalue weighted by Gasteiger charge is -2.31. The molecule has 0 spiro atoms. The number of rotatable bonds is 3. The number of nitrogens with one attached hydrogen (secondary N) is 1. The maximum Gasteiger partial charge on any atom is 0.411 e. The van der Waals surface area contributed by atoms with Crippen LogP contribution in [0.2, 0.25) is 0 Å². The second-order valence-corrected chi connectivity index (χ2v) is 4.62. The van der Waals surface area contributed by atoms with Crippen LogP contribution < -0.4 is 5.32 Å². The van der Waals surface area contributed by atoms with E-state index in [-0.39, 0.29) is 24.7 Å². The molecule has 1 saturated heterocycles. The van der Waals surface area contributed by atoms with E-state index in [4.69, 9.17) is 4.74 Å². The number of carbonyl (C=O) groups is 1. The van der Waals surface area contributed by atoms with Crippen molar-refractivity contribution in [2.24, 2.45) is 0 Å². The number of hydrogen-bond donors (Lipinski definition) is 1. The van der Waals surface area contributed by atoms with Crippen molar-refractivity contribution in [1.29, 1.82) is 0 Å². The molecule has 0 unspecified atom stereocenters. The number of ether oxygens (including phenoxy) is 1. The zero-order valence-electron chi connectivity index (χ0n) is 11.2. The summed E-state index contributed by atoms with van der Waals surface area (Å²) in [6.07, 6.45) is 3.19. The molecule has 5 heteroatoms. The molecule has 1 heterocycles. The highest BCUT2D eigenvalue weighted by atomic mass is 35.5. The lowest BCUT2D eigenvalue weighted by molar-refractivity contribution is 0.0784. The van der Waals surface area contributed by atoms with Crippen LogP contribution in [-0.2, 0) is 11.3 Å². The fourth-order valence-corrected chi connectivity index (χ4v) is 2.11. The predicted molar refractivity (Wildman–Crippen MR) is 77.3 cm³/mol. The minimum Gasteiger partial charge on any atom is -0.445 e. The zero-order chi connectivity index (χ0) is 12.8. The third-order valence-electron chi connectivity index (χ3n) is 3.24. The molecule has 1 atom stereocenters. The van der Waals surface area contributed by atoms with Gasteiger partial charge in [0, 0.05) is 7.05 Å². The van der Waals surface area contributed by atoms with Crippen molar-refractivity contribution in [3.8, 4) is 0 Å². The normalized spacial score (nSPS) is 18.3. The number of hydrogen-bond acceptors (Lipinski definition) is 3. The van der Waals surface area contributed by atoms with Crippen molar-refractivity contribution in [1.82, 2.24) is 10.2 Å². The minimum absolute atomic E-state index is 0. The Morgan fingerprint density at radius 3 is 2.74 bits per heavy atom. The van der Waals surface area contributed by atoms with Gasteiger partial charge >= 0.3 is 6.09 Å². The largest absolute Gasteiger partial charge is 0.445 e. The van der Waals surface area contributed by atoms with Crippen LogP contribution in [-0.4, -0.2) is 30.8 Å². The van der Waals surface area contributed by atoms with Gasteiger partial charge in [0.1, 0.15) is 6.61 Å². The first kappa shape index (κ1) is 15.8. The Morgan fingerprint density at radius 1 is 1.37 bits per heavy atom. The zero-order valence-corrected chi connectivity index (χ0v) is 12.0. The predicted octanol–water partition coefficient (Wildman–Crippen LogP) is 2.78. The number of halogens is 1. The highest BCUT2D eigenvalue weighted by molar-refractivity contribution is 5.85. The average molecular weight is 285 g/mol. The minimum atomic E-state index is -0.266. The van der Waals surface area contributed by atoms with Gasteiger partial charge in [-0.2, -0.15) is 0 Å². The molecular formula is C14H21ClN2O2. The smallest absolute Gasteiger partial charge is 0.411 e. The van der Waals surface area contributed by atoms with Gasteiger partial charge in [0.2, 0.25) is 0 Å². The summed E-state index contributed by atoms with van der Waals surface area (Å²) in [6.45, 7) is 1.30. The van der Waals surface area contributed by atoms with Crippen molar-refractivity contribution in [3.63, 3.8) is 0 Å². The first-order valence-corrected chi connectivity index (χ1v) is 6.44. The van der Waals surface area contributed by atoms with Crippen molar-refractivity contribution >= 4 is 18.5 Å². The standard InChI is InChI=1S/C14H20N2O2.ClH/c1-16(13-9-5-6-10-15-13)14(17)18-11-12-7-3-2-4-8-12;/h2-4,7-8,13,15H,5-6,9-11H2,1H3;1H/t13-;/m1./s1. The number of carbonyl (C=O) groups excluding carboxylic acids is 1. The Hall–Kier alpha value is -1.26. The molecule has 0 radical (unpaired) electrons. The van der Waals surface area contributed by atoms with Crippen LogP contribution in [0.1, 0.15) is 24.8 Å². The molecule has 1 fully saturated rings. The molecular weight excluding hydrogens is 264 g/mol. The lowest BCUT2D eigenvalue weighted by atomic mass is 10.1. The summed E-state index contributed by atoms with van der Waals surface area (Å²) in [6, 6.07) is 9.73. The first-order valence-electron chi connectivity index (χ1n) is 6.44. The molecule has 0 bridgehead atoms. The Bertz CT molecular complexity index is 380. The van der Waals surface area contributed by atoms with Crippen molar-refractivity contribution in [2.45, 2.75) is 32.0 Å². The van der Waals surface area contributed by atoms with Gasteiger partial charge in [0.25, 0.3) is 0 Å². The summed E-state index contributed by atoms with van der Waals surface area (Å²) in [5, 5.41) is 3.32. The summed E-state index contributed by atoms with van der Waals surface area (Å²) in [4.78, 5) is 13.5. The van der Waals surface area contributed by atoms with Gasteiger partial charge in [0.05, 0.1) is 6.17 Å². The van der Waals surface area contributed by atoms with Gasteiger partial charge in [-0.05, 0) is 31.4 Å². The van der Waals surface area contributed by atoms with Crippen molar-refractivity contribution in [2.75, 3.05) is 13.6 Å². The molecule has 2 rings (SSSR count). The molecule has 1 aliphatic heterocycles. The maximum absolute atomic E-state index is 11.9. The van der Waals surface area contributed by atoms with E-state index in [1.54, 1.807) is 11.9 Å². The molecule has 1 aromatic rings. The SMILES string of the molecule is CN(C(=O)OCc1ccccc1)[C@@H]1CCCCN1.Cl. The Morgan fingerprint density at radius 2 is 2.11 bits per heavy atom. The molecule has 1 aromatic carbocycles. The van der Waals surface area contributed by atoms with Gasteiger partial charge in [-0.15, -0.1) is 12.4 Å². The maximum atomic E-state index is 11.9. The van der Waals surface area contributed by atoms with Crippen molar-refractivity contribution < 1.29 is 9.53 Å². The summed E-state index contributed by atoms with van der Waals surface area (Å²) in [5.74, 6) is 0. The van der Waals surface area contributed by atoms with Crippen LogP contribution in [0.25, 0.3) is 0 Å².